The maximum Gasteiger partial charge on any atom is 0.338 e. The van der Waals surface area contributed by atoms with Crippen LogP contribution in [0.5, 0.6) is 0 Å². The molecular weight excluding hydrogens is 1040 g/mol. The lowest BCUT2D eigenvalue weighted by atomic mass is 9.95. The van der Waals surface area contributed by atoms with Crippen LogP contribution in [0.4, 0.5) is 0 Å². The molecule has 0 aromatic heterocycles. The van der Waals surface area contributed by atoms with Gasteiger partial charge >= 0.3 is 11.9 Å². The summed E-state index contributed by atoms with van der Waals surface area (Å²) in [6.45, 7) is 38.1. The summed E-state index contributed by atoms with van der Waals surface area (Å²) in [6.07, 6.45) is 18.4. The number of hydrogen-bond donors (Lipinski definition) is 2. The molecule has 2 aliphatic rings. The Hall–Kier alpha value is -5.03. The highest BCUT2D eigenvalue weighted by molar-refractivity contribution is 6.99. The van der Waals surface area contributed by atoms with Gasteiger partial charge in [-0.05, 0) is 139 Å². The summed E-state index contributed by atoms with van der Waals surface area (Å²) in [5, 5.41) is 21.5. The van der Waals surface area contributed by atoms with E-state index in [1.807, 2.05) is 91.0 Å². The number of rotatable bonds is 23. The lowest BCUT2D eigenvalue weighted by Crippen LogP contribution is -2.67. The van der Waals surface area contributed by atoms with Crippen LogP contribution >= 0.6 is 0 Å². The summed E-state index contributed by atoms with van der Waals surface area (Å²) in [5.74, 6) is -2.26. The number of aromatic carboxylic acids is 1. The Bertz CT molecular complexity index is 2760. The Morgan fingerprint density at radius 1 is 0.642 bits per heavy atom. The van der Waals surface area contributed by atoms with Gasteiger partial charge in [0.25, 0.3) is 8.32 Å². The van der Waals surface area contributed by atoms with Crippen molar-refractivity contribution in [2.45, 2.75) is 208 Å². The standard InChI is InChI=1S/C45H64O5Si2.C24H34O5/c1-33-31-35(3)41(43(46)47-29-30-51(10,11)12)37(32-33)23-20-28-40-42(49-45(8,9)48-40)34(2)21-19-22-36(4)50-52(44(5,6)7,38-24-15-13-16-25-38)39-26-17-14-18-27-39;1-15-13-17(3)21(23(26)27)19(14-15)11-8-12-20-22(29-24(5,6)28-20)16(2)9-7-10-18(4)25/h13-21,23-27,31-32,34,36,40,42H,22,28-30H2,1-12H3;7-9,11,13-14,16,18,20,22,25H,10,12H2,1-6H3,(H,26,27)/b21-19-,23-20+;9-7-,11-8+/t34?,36-,40-,42+;16?,18-,20-,22+/m00/s1. The number of carbonyl (C=O) groups is 2. The zero-order chi connectivity index (χ0) is 60.1. The van der Waals surface area contributed by atoms with E-state index in [2.05, 4.69) is 159 Å². The van der Waals surface area contributed by atoms with Gasteiger partial charge < -0.3 is 38.3 Å². The molecule has 442 valence electrons. The summed E-state index contributed by atoms with van der Waals surface area (Å²) in [7, 11) is -3.94. The smallest absolute Gasteiger partial charge is 0.338 e. The van der Waals surface area contributed by atoms with Gasteiger partial charge in [-0.3, -0.25) is 0 Å². The molecule has 0 spiro atoms. The number of benzene rings is 4. The predicted octanol–water partition coefficient (Wildman–Crippen LogP) is 15.2. The quantitative estimate of drug-likeness (QED) is 0.0421. The molecule has 2 heterocycles. The van der Waals surface area contributed by atoms with Crippen molar-refractivity contribution in [3.05, 3.63) is 166 Å². The Balaban J connectivity index is 0.000000350. The number of ether oxygens (including phenoxy) is 5. The van der Waals surface area contributed by atoms with Crippen molar-refractivity contribution in [3.63, 3.8) is 0 Å². The molecule has 6 rings (SSSR count). The number of carboxylic acid groups (broad SMARTS) is 1. The van der Waals surface area contributed by atoms with Crippen molar-refractivity contribution in [3.8, 4) is 0 Å². The van der Waals surface area contributed by atoms with Gasteiger partial charge in [-0.25, -0.2) is 9.59 Å². The van der Waals surface area contributed by atoms with Crippen LogP contribution in [0.1, 0.15) is 156 Å². The van der Waals surface area contributed by atoms with Crippen LogP contribution in [-0.2, 0) is 28.1 Å². The maximum absolute atomic E-state index is 13.2. The van der Waals surface area contributed by atoms with Gasteiger partial charge in [0.1, 0.15) is 0 Å². The van der Waals surface area contributed by atoms with E-state index < -0.39 is 33.9 Å². The number of aliphatic hydroxyl groups is 1. The molecule has 0 amide bonds. The highest BCUT2D eigenvalue weighted by Gasteiger charge is 2.51. The van der Waals surface area contributed by atoms with Crippen LogP contribution in [0.2, 0.25) is 30.7 Å². The number of esters is 1. The average Bonchev–Trinajstić information content (AvgIpc) is 3.90. The van der Waals surface area contributed by atoms with Gasteiger partial charge in [0.05, 0.1) is 48.3 Å². The molecule has 2 saturated heterocycles. The molecule has 2 aliphatic heterocycles. The minimum absolute atomic E-state index is 0.0138. The highest BCUT2D eigenvalue weighted by atomic mass is 28.4. The molecule has 81 heavy (non-hydrogen) atoms. The molecule has 0 aliphatic carbocycles. The van der Waals surface area contributed by atoms with Gasteiger partial charge in [-0.1, -0.05) is 199 Å². The fourth-order valence-corrected chi connectivity index (χ4v) is 16.7. The molecule has 0 saturated carbocycles. The normalized spacial score (nSPS) is 20.9. The minimum atomic E-state index is -2.63. The fraction of sp³-hybridized carbons (Fsp3) is 0.507. The molecule has 12 heteroatoms. The van der Waals surface area contributed by atoms with E-state index in [0.29, 0.717) is 42.6 Å². The fourth-order valence-electron chi connectivity index (χ4n) is 11.2. The zero-order valence-electron chi connectivity index (χ0n) is 52.2. The van der Waals surface area contributed by atoms with Crippen LogP contribution in [0.25, 0.3) is 12.2 Å². The van der Waals surface area contributed by atoms with Crippen LogP contribution in [0.15, 0.2) is 121 Å². The van der Waals surface area contributed by atoms with Crippen molar-refractivity contribution < 1.29 is 47.9 Å². The second kappa shape index (κ2) is 29.0. The summed E-state index contributed by atoms with van der Waals surface area (Å²) in [6, 6.07) is 30.5. The molecule has 2 unspecified atom stereocenters. The third-order valence-corrected chi connectivity index (χ3v) is 21.8. The molecule has 8 atom stereocenters. The molecule has 0 radical (unpaired) electrons. The van der Waals surface area contributed by atoms with E-state index in [4.69, 9.17) is 28.1 Å². The van der Waals surface area contributed by atoms with Crippen molar-refractivity contribution >= 4 is 50.9 Å². The maximum atomic E-state index is 13.2. The zero-order valence-corrected chi connectivity index (χ0v) is 54.2. The van der Waals surface area contributed by atoms with E-state index in [0.717, 1.165) is 40.3 Å². The summed E-state index contributed by atoms with van der Waals surface area (Å²) in [5.41, 5.74) is 6.40. The van der Waals surface area contributed by atoms with Gasteiger partial charge in [0, 0.05) is 26.0 Å². The van der Waals surface area contributed by atoms with Crippen LogP contribution in [-0.4, -0.2) is 93.3 Å². The van der Waals surface area contributed by atoms with Crippen LogP contribution < -0.4 is 10.4 Å². The van der Waals surface area contributed by atoms with E-state index >= 15 is 0 Å². The predicted molar refractivity (Wildman–Crippen MR) is 338 cm³/mol. The molecule has 2 N–H and O–H groups in total. The first-order chi connectivity index (χ1) is 37.8. The number of hydrogen-bond acceptors (Lipinski definition) is 9. The summed E-state index contributed by atoms with van der Waals surface area (Å²) in [4.78, 5) is 24.9. The Labute approximate surface area is 489 Å². The van der Waals surface area contributed by atoms with E-state index in [9.17, 15) is 19.8 Å². The Morgan fingerprint density at radius 2 is 1.07 bits per heavy atom. The first-order valence-electron chi connectivity index (χ1n) is 29.3. The van der Waals surface area contributed by atoms with E-state index in [1.165, 1.54) is 10.4 Å². The molecule has 10 nitrogen and oxygen atoms in total. The Morgan fingerprint density at radius 3 is 1.49 bits per heavy atom. The van der Waals surface area contributed by atoms with Gasteiger partial charge in [-0.15, -0.1) is 0 Å². The monoisotopic (exact) mass is 1140 g/mol. The third-order valence-electron chi connectivity index (χ3n) is 15.0. The SMILES string of the molecule is Cc1cc(C)c(C(=O)O)c(/C=C/C[C@@H]2OC(C)(C)O[C@@H]2C(C)/C=C\C[C@H](C)O)c1.Cc1cc(C)c(C(=O)OCC[Si](C)(C)C)c(/C=C/C[C@@H]2OC(C)(C)O[C@@H]2C(C)/C=C\C[C@H](C)O[Si](c2ccccc2)(c2ccccc2)C(C)(C)C)c1. The largest absolute Gasteiger partial charge is 0.478 e. The van der Waals surface area contributed by atoms with E-state index in [-0.39, 0.29) is 59.5 Å². The van der Waals surface area contributed by atoms with Crippen LogP contribution in [0.3, 0.4) is 0 Å². The minimum Gasteiger partial charge on any atom is -0.478 e. The van der Waals surface area contributed by atoms with Crippen molar-refractivity contribution in [2.75, 3.05) is 6.61 Å². The summed E-state index contributed by atoms with van der Waals surface area (Å²) < 4.78 is 38.2. The molecule has 4 aromatic rings. The van der Waals surface area contributed by atoms with Gasteiger partial charge in [-0.2, -0.15) is 0 Å². The van der Waals surface area contributed by atoms with Crippen molar-refractivity contribution in [1.82, 2.24) is 0 Å². The first kappa shape index (κ1) is 66.8. The second-order valence-corrected chi connectivity index (χ2v) is 35.8. The number of carbonyl (C=O) groups excluding carboxylic acids is 1. The Kier molecular flexibility index (Phi) is 23.9. The summed E-state index contributed by atoms with van der Waals surface area (Å²) >= 11 is 0. The number of carboxylic acids is 1. The lowest BCUT2D eigenvalue weighted by molar-refractivity contribution is -0.148. The van der Waals surface area contributed by atoms with Gasteiger partial charge in [0.15, 0.2) is 11.6 Å². The van der Waals surface area contributed by atoms with Gasteiger partial charge in [0.2, 0.25) is 0 Å². The van der Waals surface area contributed by atoms with Crippen molar-refractivity contribution in [1.29, 1.82) is 0 Å². The second-order valence-electron chi connectivity index (χ2n) is 25.9. The van der Waals surface area contributed by atoms with Crippen LogP contribution in [0, 0.1) is 39.5 Å². The molecule has 4 aromatic carbocycles. The molecular formula is C69H98O10Si2. The number of aryl methyl sites for hydroxylation is 4. The average molecular weight is 1140 g/mol. The first-order valence-corrected chi connectivity index (χ1v) is 34.9. The topological polar surface area (TPSA) is 130 Å². The molecule has 0 bridgehead atoms. The molecule has 2 fully saturated rings. The number of aliphatic hydroxyl groups excluding tert-OH is 1. The lowest BCUT2D eigenvalue weighted by Gasteiger charge is -2.44. The third kappa shape index (κ3) is 19.3. The van der Waals surface area contributed by atoms with Crippen molar-refractivity contribution in [2.24, 2.45) is 11.8 Å². The van der Waals surface area contributed by atoms with E-state index in [1.54, 1.807) is 6.92 Å². The highest BCUT2D eigenvalue weighted by Crippen LogP contribution is 2.39.